The first-order valence-corrected chi connectivity index (χ1v) is 12.0. The summed E-state index contributed by atoms with van der Waals surface area (Å²) in [4.78, 5) is 77.9. The molecule has 1 rings (SSSR count). The first-order chi connectivity index (χ1) is 15.1. The van der Waals surface area contributed by atoms with Crippen molar-refractivity contribution in [2.45, 2.75) is 62.0 Å². The van der Waals surface area contributed by atoms with Gasteiger partial charge in [-0.1, -0.05) is 31.9 Å². The van der Waals surface area contributed by atoms with E-state index >= 15 is 0 Å². The van der Waals surface area contributed by atoms with Crippen LogP contribution in [-0.2, 0) is 33.6 Å². The summed E-state index contributed by atoms with van der Waals surface area (Å²) in [5.41, 5.74) is 0. The molecule has 0 aromatic carbocycles. The summed E-state index contributed by atoms with van der Waals surface area (Å²) in [5.74, 6) is -3.00. The molecule has 1 saturated heterocycles. The lowest BCUT2D eigenvalue weighted by molar-refractivity contribution is -0.197. The molecule has 0 aliphatic carbocycles. The Bertz CT molecular complexity index is 742. The third kappa shape index (κ3) is 10.2. The molecule has 11 nitrogen and oxygen atoms in total. The van der Waals surface area contributed by atoms with Gasteiger partial charge in [0.1, 0.15) is 0 Å². The molecule has 13 heteroatoms. The highest BCUT2D eigenvalue weighted by molar-refractivity contribution is 9.10. The molecule has 0 aromatic rings. The summed E-state index contributed by atoms with van der Waals surface area (Å²) < 4.78 is -1.54. The van der Waals surface area contributed by atoms with Crippen LogP contribution in [0.25, 0.3) is 0 Å². The number of carbonyl (C=O) groups excluding carboxylic acids is 6. The molecule has 33 heavy (non-hydrogen) atoms. The zero-order chi connectivity index (χ0) is 25.4. The van der Waals surface area contributed by atoms with Gasteiger partial charge in [-0.05, 0) is 27.7 Å². The van der Waals surface area contributed by atoms with Crippen molar-refractivity contribution in [2.24, 2.45) is 0 Å². The lowest BCUT2D eigenvalue weighted by Gasteiger charge is -2.25. The number of rotatable bonds is 12. The maximum absolute atomic E-state index is 12.7. The van der Waals surface area contributed by atoms with Gasteiger partial charge < -0.3 is 20.4 Å². The molecule has 0 saturated carbocycles. The molecular weight excluding hydrogens is 568 g/mol. The smallest absolute Gasteiger partial charge is 0.333 e. The topological polar surface area (TPSA) is 142 Å². The quantitative estimate of drug-likeness (QED) is 0.250. The van der Waals surface area contributed by atoms with Gasteiger partial charge >= 0.3 is 5.97 Å². The molecule has 1 aliphatic heterocycles. The molecule has 0 aromatic heterocycles. The molecular formula is C20H30Br2N4O7. The van der Waals surface area contributed by atoms with Crippen LogP contribution < -0.4 is 10.6 Å². The van der Waals surface area contributed by atoms with Crippen LogP contribution in [-0.4, -0.2) is 80.3 Å². The molecule has 1 aliphatic rings. The van der Waals surface area contributed by atoms with Gasteiger partial charge in [-0.15, -0.1) is 5.06 Å². The molecule has 1 heterocycles. The lowest BCUT2D eigenvalue weighted by Crippen LogP contribution is -2.46. The van der Waals surface area contributed by atoms with Crippen molar-refractivity contribution in [3.8, 4) is 0 Å². The number of carbonyl (C=O) groups is 6. The van der Waals surface area contributed by atoms with E-state index in [4.69, 9.17) is 4.84 Å². The second-order valence-corrected chi connectivity index (χ2v) is 12.3. The highest BCUT2D eigenvalue weighted by Gasteiger charge is 2.33. The minimum Gasteiger partial charge on any atom is -0.353 e. The molecule has 1 fully saturated rings. The minimum absolute atomic E-state index is 0.0212. The largest absolute Gasteiger partial charge is 0.353 e. The highest BCUT2D eigenvalue weighted by Crippen LogP contribution is 2.16. The fraction of sp³-hybridized carbons (Fsp3) is 0.700. The van der Waals surface area contributed by atoms with Crippen molar-refractivity contribution in [2.75, 3.05) is 26.2 Å². The van der Waals surface area contributed by atoms with E-state index in [-0.39, 0.29) is 63.7 Å². The van der Waals surface area contributed by atoms with Crippen LogP contribution >= 0.6 is 31.9 Å². The van der Waals surface area contributed by atoms with Gasteiger partial charge in [-0.2, -0.15) is 0 Å². The number of hydroxylamine groups is 2. The first-order valence-electron chi connectivity index (χ1n) is 10.4. The Morgan fingerprint density at radius 3 is 1.70 bits per heavy atom. The monoisotopic (exact) mass is 596 g/mol. The van der Waals surface area contributed by atoms with E-state index < -0.39 is 32.3 Å². The summed E-state index contributed by atoms with van der Waals surface area (Å²) in [6.45, 7) is 7.37. The zero-order valence-electron chi connectivity index (χ0n) is 19.2. The van der Waals surface area contributed by atoms with Crippen LogP contribution in [0, 0.1) is 0 Å². The minimum atomic E-state index is -0.879. The van der Waals surface area contributed by atoms with Crippen LogP contribution in [0.1, 0.15) is 53.4 Å². The third-order valence-electron chi connectivity index (χ3n) is 4.51. The van der Waals surface area contributed by atoms with E-state index in [0.29, 0.717) is 5.06 Å². The number of imide groups is 1. The number of amides is 5. The van der Waals surface area contributed by atoms with Crippen LogP contribution in [0.2, 0.25) is 0 Å². The molecule has 0 radical (unpaired) electrons. The van der Waals surface area contributed by atoms with Gasteiger partial charge in [-0.25, -0.2) is 4.79 Å². The fourth-order valence-corrected chi connectivity index (χ4v) is 2.84. The summed E-state index contributed by atoms with van der Waals surface area (Å²) in [5, 5.41) is 5.84. The number of hydrogen-bond acceptors (Lipinski definition) is 7. The van der Waals surface area contributed by atoms with E-state index in [1.54, 1.807) is 27.7 Å². The molecule has 5 amide bonds. The van der Waals surface area contributed by atoms with E-state index in [2.05, 4.69) is 42.5 Å². The Hall–Kier alpha value is -2.02. The van der Waals surface area contributed by atoms with Crippen molar-refractivity contribution in [3.05, 3.63) is 0 Å². The Balaban J connectivity index is 2.63. The van der Waals surface area contributed by atoms with Gasteiger partial charge in [0.2, 0.25) is 17.7 Å². The van der Waals surface area contributed by atoms with Gasteiger partial charge in [0.15, 0.2) is 0 Å². The van der Waals surface area contributed by atoms with E-state index in [9.17, 15) is 28.8 Å². The Labute approximate surface area is 209 Å². The SMILES string of the molecule is CC(C)(Br)C(=O)NCCN(CCNC(=O)C(C)(C)Br)C(=O)CCC(=O)ON1C(=O)CCC1=O. The normalized spacial score (nSPS) is 14.2. The van der Waals surface area contributed by atoms with Crippen LogP contribution in [0.4, 0.5) is 0 Å². The van der Waals surface area contributed by atoms with E-state index in [0.717, 1.165) is 0 Å². The molecule has 0 bridgehead atoms. The van der Waals surface area contributed by atoms with Crippen LogP contribution in [0.3, 0.4) is 0 Å². The standard InChI is InChI=1S/C20H30Br2N4O7/c1-19(2,21)17(31)23-9-11-25(12-10-24-18(32)20(3,4)22)13(27)7-8-16(30)33-26-14(28)5-6-15(26)29/h5-12H2,1-4H3,(H,23,31)(H,24,32). The Morgan fingerprint density at radius 2 is 1.30 bits per heavy atom. The molecule has 186 valence electrons. The number of alkyl halides is 2. The van der Waals surface area contributed by atoms with Crippen molar-refractivity contribution in [1.82, 2.24) is 20.6 Å². The van der Waals surface area contributed by atoms with Crippen molar-refractivity contribution in [3.63, 3.8) is 0 Å². The summed E-state index contributed by atoms with van der Waals surface area (Å²) >= 11 is 6.51. The van der Waals surface area contributed by atoms with E-state index in [1.165, 1.54) is 4.90 Å². The molecule has 0 unspecified atom stereocenters. The predicted octanol–water partition coefficient (Wildman–Crippen LogP) is 0.782. The Morgan fingerprint density at radius 1 is 0.879 bits per heavy atom. The maximum Gasteiger partial charge on any atom is 0.333 e. The summed E-state index contributed by atoms with van der Waals surface area (Å²) in [7, 11) is 0. The number of nitrogens with one attached hydrogen (secondary N) is 2. The third-order valence-corrected chi connectivity index (χ3v) is 5.23. The average molecular weight is 598 g/mol. The second kappa shape index (κ2) is 12.4. The number of hydrogen-bond donors (Lipinski definition) is 2. The molecule has 2 N–H and O–H groups in total. The number of halogens is 2. The average Bonchev–Trinajstić information content (AvgIpc) is 3.01. The van der Waals surface area contributed by atoms with Gasteiger partial charge in [0.05, 0.1) is 15.1 Å². The molecule has 0 spiro atoms. The van der Waals surface area contributed by atoms with Gasteiger partial charge in [-0.3, -0.25) is 24.0 Å². The van der Waals surface area contributed by atoms with E-state index in [1.807, 2.05) is 0 Å². The molecule has 0 atom stereocenters. The summed E-state index contributed by atoms with van der Waals surface area (Å²) in [6.07, 6.45) is -0.613. The van der Waals surface area contributed by atoms with Crippen molar-refractivity contribution >= 4 is 67.4 Å². The van der Waals surface area contributed by atoms with Crippen molar-refractivity contribution < 1.29 is 33.6 Å². The van der Waals surface area contributed by atoms with Crippen molar-refractivity contribution in [1.29, 1.82) is 0 Å². The summed E-state index contributed by atoms with van der Waals surface area (Å²) in [6, 6.07) is 0. The van der Waals surface area contributed by atoms with Gasteiger partial charge in [0.25, 0.3) is 11.8 Å². The zero-order valence-corrected chi connectivity index (χ0v) is 22.3. The highest BCUT2D eigenvalue weighted by atomic mass is 79.9. The predicted molar refractivity (Wildman–Crippen MR) is 125 cm³/mol. The fourth-order valence-electron chi connectivity index (χ4n) is 2.56. The maximum atomic E-state index is 12.7. The lowest BCUT2D eigenvalue weighted by atomic mass is 10.2. The number of nitrogens with zero attached hydrogens (tertiary/aromatic N) is 2. The van der Waals surface area contributed by atoms with Crippen LogP contribution in [0.5, 0.6) is 0 Å². The Kier molecular flexibility index (Phi) is 10.9. The van der Waals surface area contributed by atoms with Crippen LogP contribution in [0.15, 0.2) is 0 Å². The van der Waals surface area contributed by atoms with Gasteiger partial charge in [0, 0.05) is 45.4 Å². The first kappa shape index (κ1) is 29.0. The second-order valence-electron chi connectivity index (χ2n) is 8.38.